The third kappa shape index (κ3) is 7.08. The molecule has 1 fully saturated rings. The predicted octanol–water partition coefficient (Wildman–Crippen LogP) is 4.59. The van der Waals surface area contributed by atoms with E-state index in [1.165, 1.54) is 83.8 Å². The molecule has 0 aromatic carbocycles. The lowest BCUT2D eigenvalue weighted by atomic mass is 10.0. The first-order chi connectivity index (χ1) is 9.81. The summed E-state index contributed by atoms with van der Waals surface area (Å²) in [5, 5.41) is 3.69. The van der Waals surface area contributed by atoms with E-state index in [9.17, 15) is 0 Å². The van der Waals surface area contributed by atoms with E-state index in [0.29, 0.717) is 0 Å². The maximum atomic E-state index is 3.69. The number of piperazine rings is 1. The first-order valence-corrected chi connectivity index (χ1v) is 9.29. The van der Waals surface area contributed by atoms with Gasteiger partial charge in [-0.1, -0.05) is 65.7 Å². The van der Waals surface area contributed by atoms with Crippen molar-refractivity contribution < 1.29 is 0 Å². The molecule has 120 valence electrons. The van der Waals surface area contributed by atoms with E-state index in [0.717, 1.165) is 12.1 Å². The molecule has 0 aromatic heterocycles. The molecule has 0 bridgehead atoms. The minimum absolute atomic E-state index is 0.729. The van der Waals surface area contributed by atoms with Crippen LogP contribution in [0.15, 0.2) is 0 Å². The van der Waals surface area contributed by atoms with E-state index in [1.807, 2.05) is 0 Å². The Labute approximate surface area is 127 Å². The van der Waals surface area contributed by atoms with Gasteiger partial charge < -0.3 is 5.32 Å². The zero-order chi connectivity index (χ0) is 14.6. The molecule has 1 heterocycles. The molecule has 1 aliphatic rings. The summed E-state index contributed by atoms with van der Waals surface area (Å²) in [5.74, 6) is 0. The highest BCUT2D eigenvalue weighted by Crippen LogP contribution is 2.14. The molecule has 0 saturated carbocycles. The van der Waals surface area contributed by atoms with Crippen LogP contribution in [0, 0.1) is 0 Å². The highest BCUT2D eigenvalue weighted by atomic mass is 15.2. The quantitative estimate of drug-likeness (QED) is 0.558. The summed E-state index contributed by atoms with van der Waals surface area (Å²) < 4.78 is 0. The summed E-state index contributed by atoms with van der Waals surface area (Å²) in [4.78, 5) is 2.75. The van der Waals surface area contributed by atoms with Gasteiger partial charge in [-0.15, -0.1) is 0 Å². The van der Waals surface area contributed by atoms with Crippen molar-refractivity contribution in [2.24, 2.45) is 0 Å². The summed E-state index contributed by atoms with van der Waals surface area (Å²) in [6.07, 6.45) is 14.0. The molecule has 0 radical (unpaired) electrons. The molecule has 1 N–H and O–H groups in total. The zero-order valence-corrected chi connectivity index (χ0v) is 14.3. The Morgan fingerprint density at radius 2 is 1.50 bits per heavy atom. The number of unbranched alkanes of at least 4 members (excludes halogenated alkanes) is 7. The van der Waals surface area contributed by atoms with Crippen LogP contribution in [0.2, 0.25) is 0 Å². The predicted molar refractivity (Wildman–Crippen MR) is 90.3 cm³/mol. The smallest absolute Gasteiger partial charge is 0.0218 e. The fraction of sp³-hybridized carbons (Fsp3) is 1.00. The van der Waals surface area contributed by atoms with Crippen molar-refractivity contribution in [3.05, 3.63) is 0 Å². The standard InChI is InChI=1S/C18H38N2/c1-4-7-8-9-10-11-12-13-14-20-16-17(5-2)19-15-18(20)6-3/h17-19H,4-16H2,1-3H3. The van der Waals surface area contributed by atoms with Crippen molar-refractivity contribution in [2.45, 2.75) is 97.1 Å². The highest BCUT2D eigenvalue weighted by molar-refractivity contribution is 4.84. The third-order valence-electron chi connectivity index (χ3n) is 4.88. The molecule has 0 aromatic rings. The van der Waals surface area contributed by atoms with Crippen molar-refractivity contribution in [2.75, 3.05) is 19.6 Å². The molecule has 0 aliphatic carbocycles. The molecule has 20 heavy (non-hydrogen) atoms. The first kappa shape index (κ1) is 18.0. The van der Waals surface area contributed by atoms with Crippen LogP contribution in [0.25, 0.3) is 0 Å². The SMILES string of the molecule is CCCCCCCCCCN1CC(CC)NCC1CC. The number of hydrogen-bond donors (Lipinski definition) is 1. The second-order valence-electron chi connectivity index (χ2n) is 6.55. The second kappa shape index (κ2) is 11.6. The van der Waals surface area contributed by atoms with Crippen LogP contribution in [0.3, 0.4) is 0 Å². The maximum Gasteiger partial charge on any atom is 0.0218 e. The molecule has 1 saturated heterocycles. The summed E-state index contributed by atoms with van der Waals surface area (Å²) in [6.45, 7) is 10.7. The molecular weight excluding hydrogens is 244 g/mol. The van der Waals surface area contributed by atoms with Gasteiger partial charge in [-0.3, -0.25) is 4.90 Å². The average Bonchev–Trinajstić information content (AvgIpc) is 2.49. The fourth-order valence-corrected chi connectivity index (χ4v) is 3.33. The number of nitrogens with one attached hydrogen (secondary N) is 1. The van der Waals surface area contributed by atoms with Gasteiger partial charge in [0.1, 0.15) is 0 Å². The average molecular weight is 283 g/mol. The van der Waals surface area contributed by atoms with Crippen molar-refractivity contribution in [1.82, 2.24) is 10.2 Å². The minimum Gasteiger partial charge on any atom is -0.311 e. The van der Waals surface area contributed by atoms with Crippen molar-refractivity contribution in [3.8, 4) is 0 Å². The number of rotatable bonds is 11. The van der Waals surface area contributed by atoms with Gasteiger partial charge in [0.05, 0.1) is 0 Å². The van der Waals surface area contributed by atoms with E-state index in [-0.39, 0.29) is 0 Å². The molecule has 0 spiro atoms. The van der Waals surface area contributed by atoms with Crippen molar-refractivity contribution in [3.63, 3.8) is 0 Å². The summed E-state index contributed by atoms with van der Waals surface area (Å²) in [5.41, 5.74) is 0. The largest absolute Gasteiger partial charge is 0.311 e. The normalized spacial score (nSPS) is 24.1. The molecule has 0 amide bonds. The van der Waals surface area contributed by atoms with Crippen LogP contribution in [0.5, 0.6) is 0 Å². The second-order valence-corrected chi connectivity index (χ2v) is 6.55. The summed E-state index contributed by atoms with van der Waals surface area (Å²) >= 11 is 0. The van der Waals surface area contributed by atoms with E-state index < -0.39 is 0 Å². The van der Waals surface area contributed by atoms with Gasteiger partial charge in [0.25, 0.3) is 0 Å². The monoisotopic (exact) mass is 282 g/mol. The number of nitrogens with zero attached hydrogens (tertiary/aromatic N) is 1. The van der Waals surface area contributed by atoms with Gasteiger partial charge >= 0.3 is 0 Å². The lowest BCUT2D eigenvalue weighted by Crippen LogP contribution is -2.56. The van der Waals surface area contributed by atoms with E-state index in [4.69, 9.17) is 0 Å². The van der Waals surface area contributed by atoms with E-state index in [2.05, 4.69) is 31.0 Å². The molecular formula is C18H38N2. The van der Waals surface area contributed by atoms with Crippen molar-refractivity contribution in [1.29, 1.82) is 0 Å². The van der Waals surface area contributed by atoms with Gasteiger partial charge in [-0.25, -0.2) is 0 Å². The van der Waals surface area contributed by atoms with Crippen molar-refractivity contribution >= 4 is 0 Å². The van der Waals surface area contributed by atoms with Crippen LogP contribution in [0.1, 0.15) is 85.0 Å². The zero-order valence-electron chi connectivity index (χ0n) is 14.3. The van der Waals surface area contributed by atoms with E-state index >= 15 is 0 Å². The number of hydrogen-bond acceptors (Lipinski definition) is 2. The van der Waals surface area contributed by atoms with Crippen LogP contribution in [-0.2, 0) is 0 Å². The third-order valence-corrected chi connectivity index (χ3v) is 4.88. The molecule has 2 nitrogen and oxygen atoms in total. The molecule has 2 atom stereocenters. The van der Waals surface area contributed by atoms with E-state index in [1.54, 1.807) is 0 Å². The highest BCUT2D eigenvalue weighted by Gasteiger charge is 2.24. The Kier molecular flexibility index (Phi) is 10.4. The Hall–Kier alpha value is -0.0800. The Bertz CT molecular complexity index is 217. The topological polar surface area (TPSA) is 15.3 Å². The fourth-order valence-electron chi connectivity index (χ4n) is 3.33. The lowest BCUT2D eigenvalue weighted by Gasteiger charge is -2.40. The minimum atomic E-state index is 0.729. The summed E-state index contributed by atoms with van der Waals surface area (Å²) in [7, 11) is 0. The van der Waals surface area contributed by atoms with Crippen LogP contribution in [-0.4, -0.2) is 36.6 Å². The Balaban J connectivity index is 2.06. The maximum absolute atomic E-state index is 3.69. The molecule has 2 heteroatoms. The van der Waals surface area contributed by atoms with Gasteiger partial charge in [0.2, 0.25) is 0 Å². The first-order valence-electron chi connectivity index (χ1n) is 9.29. The molecule has 1 aliphatic heterocycles. The Morgan fingerprint density at radius 3 is 2.10 bits per heavy atom. The van der Waals surface area contributed by atoms with Crippen LogP contribution in [0.4, 0.5) is 0 Å². The van der Waals surface area contributed by atoms with Crippen LogP contribution >= 0.6 is 0 Å². The Morgan fingerprint density at radius 1 is 0.850 bits per heavy atom. The van der Waals surface area contributed by atoms with Crippen LogP contribution < -0.4 is 5.32 Å². The summed E-state index contributed by atoms with van der Waals surface area (Å²) in [6, 6.07) is 1.51. The lowest BCUT2D eigenvalue weighted by molar-refractivity contribution is 0.122. The van der Waals surface area contributed by atoms with Gasteiger partial charge in [0.15, 0.2) is 0 Å². The van der Waals surface area contributed by atoms with Gasteiger partial charge in [0, 0.05) is 25.2 Å². The van der Waals surface area contributed by atoms with Gasteiger partial charge in [-0.05, 0) is 25.8 Å². The molecule has 2 unspecified atom stereocenters. The van der Waals surface area contributed by atoms with Gasteiger partial charge in [-0.2, -0.15) is 0 Å². The molecule has 1 rings (SSSR count).